The second-order valence-corrected chi connectivity index (χ2v) is 6.46. The third-order valence-corrected chi connectivity index (χ3v) is 3.94. The summed E-state index contributed by atoms with van der Waals surface area (Å²) in [6, 6.07) is 10.3. The Labute approximate surface area is 169 Å². The molecular formula is C16H14Cl2N4O4S. The van der Waals surface area contributed by atoms with Crippen molar-refractivity contribution in [2.75, 3.05) is 5.32 Å². The van der Waals surface area contributed by atoms with E-state index >= 15 is 0 Å². The fraction of sp³-hybridized carbons (Fsp3) is 0.125. The predicted molar refractivity (Wildman–Crippen MR) is 107 cm³/mol. The lowest BCUT2D eigenvalue weighted by molar-refractivity contribution is -0.384. The molecule has 0 saturated heterocycles. The SMILES string of the molecule is CC(Oc1ccc(Cl)cc1Cl)C(=O)NNC(=S)Nc1ccc([N+](=O)[O-])cc1. The number of hydrogen-bond donors (Lipinski definition) is 3. The van der Waals surface area contributed by atoms with E-state index in [2.05, 4.69) is 16.2 Å². The van der Waals surface area contributed by atoms with Crippen molar-refractivity contribution in [2.45, 2.75) is 13.0 Å². The number of nitro benzene ring substituents is 1. The molecule has 0 aliphatic carbocycles. The van der Waals surface area contributed by atoms with Crippen molar-refractivity contribution in [1.29, 1.82) is 0 Å². The summed E-state index contributed by atoms with van der Waals surface area (Å²) in [5.74, 6) is -0.177. The van der Waals surface area contributed by atoms with Gasteiger partial charge in [0.1, 0.15) is 5.75 Å². The average molecular weight is 429 g/mol. The maximum atomic E-state index is 12.1. The van der Waals surface area contributed by atoms with Crippen LogP contribution in [-0.4, -0.2) is 22.0 Å². The number of hydrogen-bond acceptors (Lipinski definition) is 5. The molecule has 0 spiro atoms. The number of non-ortho nitro benzene ring substituents is 1. The Morgan fingerprint density at radius 1 is 1.19 bits per heavy atom. The van der Waals surface area contributed by atoms with Gasteiger partial charge >= 0.3 is 0 Å². The Morgan fingerprint density at radius 3 is 2.44 bits per heavy atom. The molecule has 0 bridgehead atoms. The van der Waals surface area contributed by atoms with Crippen LogP contribution in [0.4, 0.5) is 11.4 Å². The number of nitrogens with one attached hydrogen (secondary N) is 3. The first kappa shape index (κ1) is 20.7. The second kappa shape index (κ2) is 9.36. The van der Waals surface area contributed by atoms with E-state index in [0.717, 1.165) is 0 Å². The summed E-state index contributed by atoms with van der Waals surface area (Å²) >= 11 is 16.8. The highest BCUT2D eigenvalue weighted by atomic mass is 35.5. The van der Waals surface area contributed by atoms with Gasteiger partial charge in [-0.15, -0.1) is 0 Å². The summed E-state index contributed by atoms with van der Waals surface area (Å²) < 4.78 is 5.48. The van der Waals surface area contributed by atoms with Crippen molar-refractivity contribution >= 4 is 57.8 Å². The van der Waals surface area contributed by atoms with Crippen molar-refractivity contribution in [3.8, 4) is 5.75 Å². The molecule has 2 aromatic rings. The number of amides is 1. The Hall–Kier alpha value is -2.62. The lowest BCUT2D eigenvalue weighted by Crippen LogP contribution is -2.48. The molecule has 0 aliphatic rings. The molecular weight excluding hydrogens is 415 g/mol. The number of anilines is 1. The van der Waals surface area contributed by atoms with Gasteiger partial charge in [0.15, 0.2) is 11.2 Å². The fourth-order valence-corrected chi connectivity index (χ4v) is 2.49. The van der Waals surface area contributed by atoms with Gasteiger partial charge < -0.3 is 10.1 Å². The van der Waals surface area contributed by atoms with Gasteiger partial charge in [0.05, 0.1) is 9.95 Å². The molecule has 3 N–H and O–H groups in total. The predicted octanol–water partition coefficient (Wildman–Crippen LogP) is 3.69. The molecule has 0 saturated carbocycles. The molecule has 8 nitrogen and oxygen atoms in total. The van der Waals surface area contributed by atoms with E-state index in [1.54, 1.807) is 12.1 Å². The van der Waals surface area contributed by atoms with Gasteiger partial charge in [0.2, 0.25) is 0 Å². The van der Waals surface area contributed by atoms with Gasteiger partial charge in [-0.25, -0.2) is 0 Å². The molecule has 1 atom stereocenters. The lowest BCUT2D eigenvalue weighted by atomic mass is 10.3. The van der Waals surface area contributed by atoms with Crippen LogP contribution in [0.3, 0.4) is 0 Å². The molecule has 0 aliphatic heterocycles. The minimum atomic E-state index is -0.863. The zero-order valence-electron chi connectivity index (χ0n) is 13.9. The Balaban J connectivity index is 1.83. The molecule has 0 fully saturated rings. The van der Waals surface area contributed by atoms with Crippen molar-refractivity contribution in [3.05, 3.63) is 62.6 Å². The topological polar surface area (TPSA) is 106 Å². The fourth-order valence-electron chi connectivity index (χ4n) is 1.86. The van der Waals surface area contributed by atoms with Crippen molar-refractivity contribution < 1.29 is 14.5 Å². The van der Waals surface area contributed by atoms with Crippen LogP contribution in [0, 0.1) is 10.1 Å². The number of thiocarbonyl (C=S) groups is 1. The number of rotatable bonds is 5. The molecule has 0 radical (unpaired) electrons. The number of carbonyl (C=O) groups is 1. The monoisotopic (exact) mass is 428 g/mol. The summed E-state index contributed by atoms with van der Waals surface area (Å²) in [5, 5.41) is 14.2. The Morgan fingerprint density at radius 2 is 1.85 bits per heavy atom. The molecule has 0 heterocycles. The zero-order chi connectivity index (χ0) is 20.0. The highest BCUT2D eigenvalue weighted by Crippen LogP contribution is 2.28. The third kappa shape index (κ3) is 6.24. The number of benzene rings is 2. The summed E-state index contributed by atoms with van der Waals surface area (Å²) in [7, 11) is 0. The number of carbonyl (C=O) groups excluding carboxylic acids is 1. The van der Waals surface area contributed by atoms with Crippen LogP contribution in [0.2, 0.25) is 10.0 Å². The van der Waals surface area contributed by atoms with Crippen molar-refractivity contribution in [2.24, 2.45) is 0 Å². The highest BCUT2D eigenvalue weighted by molar-refractivity contribution is 7.80. The van der Waals surface area contributed by atoms with E-state index < -0.39 is 16.9 Å². The van der Waals surface area contributed by atoms with Gasteiger partial charge in [-0.05, 0) is 49.5 Å². The molecule has 1 amide bonds. The maximum Gasteiger partial charge on any atom is 0.279 e. The quantitative estimate of drug-likeness (QED) is 0.378. The molecule has 2 rings (SSSR count). The normalized spacial score (nSPS) is 11.2. The minimum Gasteiger partial charge on any atom is -0.479 e. The lowest BCUT2D eigenvalue weighted by Gasteiger charge is -2.17. The number of nitro groups is 1. The first-order valence-electron chi connectivity index (χ1n) is 7.49. The number of hydrazine groups is 1. The molecule has 11 heteroatoms. The van der Waals surface area contributed by atoms with E-state index in [1.807, 2.05) is 0 Å². The summed E-state index contributed by atoms with van der Waals surface area (Å²) in [6.45, 7) is 1.54. The number of nitrogens with zero attached hydrogens (tertiary/aromatic N) is 1. The highest BCUT2D eigenvalue weighted by Gasteiger charge is 2.16. The maximum absolute atomic E-state index is 12.1. The van der Waals surface area contributed by atoms with Crippen LogP contribution >= 0.6 is 35.4 Å². The summed E-state index contributed by atoms with van der Waals surface area (Å²) in [6.07, 6.45) is -0.863. The van der Waals surface area contributed by atoms with Crippen LogP contribution in [0.5, 0.6) is 5.75 Å². The molecule has 2 aromatic carbocycles. The van der Waals surface area contributed by atoms with E-state index in [-0.39, 0.29) is 15.8 Å². The Bertz CT molecular complexity index is 864. The van der Waals surface area contributed by atoms with E-state index in [0.29, 0.717) is 16.5 Å². The smallest absolute Gasteiger partial charge is 0.279 e. The van der Waals surface area contributed by atoms with Crippen molar-refractivity contribution in [3.63, 3.8) is 0 Å². The molecule has 0 aromatic heterocycles. The first-order valence-corrected chi connectivity index (χ1v) is 8.65. The van der Waals surface area contributed by atoms with Crippen LogP contribution in [0.15, 0.2) is 42.5 Å². The number of halogens is 2. The van der Waals surface area contributed by atoms with Gasteiger partial charge in [-0.1, -0.05) is 23.2 Å². The molecule has 27 heavy (non-hydrogen) atoms. The van der Waals surface area contributed by atoms with Gasteiger partial charge in [-0.3, -0.25) is 25.8 Å². The van der Waals surface area contributed by atoms with Crippen molar-refractivity contribution in [1.82, 2.24) is 10.9 Å². The molecule has 1 unspecified atom stereocenters. The second-order valence-electron chi connectivity index (χ2n) is 5.21. The van der Waals surface area contributed by atoms with E-state index in [4.69, 9.17) is 40.2 Å². The van der Waals surface area contributed by atoms with Crippen LogP contribution in [-0.2, 0) is 4.79 Å². The summed E-state index contributed by atoms with van der Waals surface area (Å²) in [5.41, 5.74) is 5.38. The standard InChI is InChI=1S/C16H14Cl2N4O4S/c1-9(26-14-7-2-10(17)8-13(14)18)15(23)20-21-16(27)19-11-3-5-12(6-4-11)22(24)25/h2-9H,1H3,(H,20,23)(H2,19,21,27). The summed E-state index contributed by atoms with van der Waals surface area (Å²) in [4.78, 5) is 22.2. The Kier molecular flexibility index (Phi) is 7.17. The number of ether oxygens (including phenoxy) is 1. The van der Waals surface area contributed by atoms with Gasteiger partial charge in [0.25, 0.3) is 11.6 Å². The third-order valence-electron chi connectivity index (χ3n) is 3.20. The van der Waals surface area contributed by atoms with E-state index in [1.165, 1.54) is 37.3 Å². The minimum absolute atomic E-state index is 0.0421. The van der Waals surface area contributed by atoms with Gasteiger partial charge in [-0.2, -0.15) is 0 Å². The zero-order valence-corrected chi connectivity index (χ0v) is 16.2. The van der Waals surface area contributed by atoms with Crippen LogP contribution in [0.1, 0.15) is 6.92 Å². The van der Waals surface area contributed by atoms with Gasteiger partial charge in [0, 0.05) is 22.8 Å². The molecule has 142 valence electrons. The van der Waals surface area contributed by atoms with Crippen LogP contribution < -0.4 is 20.9 Å². The first-order chi connectivity index (χ1) is 12.8. The van der Waals surface area contributed by atoms with E-state index in [9.17, 15) is 14.9 Å². The largest absolute Gasteiger partial charge is 0.479 e. The van der Waals surface area contributed by atoms with Crippen LogP contribution in [0.25, 0.3) is 0 Å². The average Bonchev–Trinajstić information content (AvgIpc) is 2.62.